The number of nitriles is 1. The van der Waals surface area contributed by atoms with E-state index in [2.05, 4.69) is 0 Å². The molecule has 1 aromatic rings. The lowest BCUT2D eigenvalue weighted by molar-refractivity contribution is -0.385. The van der Waals surface area contributed by atoms with E-state index >= 15 is 0 Å². The zero-order valence-corrected chi connectivity index (χ0v) is 10.6. The molecule has 1 saturated heterocycles. The van der Waals surface area contributed by atoms with Crippen LogP contribution in [-0.2, 0) is 0 Å². The predicted octanol–water partition coefficient (Wildman–Crippen LogP) is 1.67. The summed E-state index contributed by atoms with van der Waals surface area (Å²) in [6.45, 7) is 3.27. The monoisotopic (exact) mass is 261 g/mol. The molecule has 6 nitrogen and oxygen atoms in total. The van der Waals surface area contributed by atoms with Gasteiger partial charge in [0.05, 0.1) is 11.0 Å². The maximum absolute atomic E-state index is 10.8. The summed E-state index contributed by atoms with van der Waals surface area (Å²) in [4.78, 5) is 12.2. The SMILES string of the molecule is CC1CCN(c2ccc([N+](=O)[O-])c(C#N)c2)CC1O. The highest BCUT2D eigenvalue weighted by atomic mass is 16.6. The number of hydrogen-bond acceptors (Lipinski definition) is 5. The van der Waals surface area contributed by atoms with Crippen molar-refractivity contribution in [2.75, 3.05) is 18.0 Å². The third kappa shape index (κ3) is 2.66. The van der Waals surface area contributed by atoms with Crippen LogP contribution in [-0.4, -0.2) is 29.2 Å². The highest BCUT2D eigenvalue weighted by Gasteiger charge is 2.25. The molecule has 0 aromatic heterocycles. The van der Waals surface area contributed by atoms with Crippen molar-refractivity contribution in [3.8, 4) is 6.07 Å². The second kappa shape index (κ2) is 5.24. The fourth-order valence-electron chi connectivity index (χ4n) is 2.25. The van der Waals surface area contributed by atoms with Crippen LogP contribution in [0, 0.1) is 27.4 Å². The number of β-amino-alcohol motifs (C(OH)–C–C–N with tert-alkyl or cyclic N) is 1. The van der Waals surface area contributed by atoms with E-state index < -0.39 is 11.0 Å². The molecule has 0 amide bonds. The van der Waals surface area contributed by atoms with E-state index in [0.717, 1.165) is 18.7 Å². The molecule has 1 aliphatic heterocycles. The Bertz CT molecular complexity index is 538. The van der Waals surface area contributed by atoms with Gasteiger partial charge in [-0.2, -0.15) is 5.26 Å². The van der Waals surface area contributed by atoms with E-state index in [1.807, 2.05) is 17.9 Å². The van der Waals surface area contributed by atoms with Crippen molar-refractivity contribution < 1.29 is 10.0 Å². The Labute approximate surface area is 111 Å². The summed E-state index contributed by atoms with van der Waals surface area (Å²) in [5, 5.41) is 29.6. The summed E-state index contributed by atoms with van der Waals surface area (Å²) in [5.74, 6) is 0.254. The molecule has 1 N–H and O–H groups in total. The summed E-state index contributed by atoms with van der Waals surface area (Å²) in [6.07, 6.45) is 0.453. The van der Waals surface area contributed by atoms with Crippen LogP contribution in [0.15, 0.2) is 18.2 Å². The van der Waals surface area contributed by atoms with Gasteiger partial charge in [0.1, 0.15) is 11.6 Å². The number of rotatable bonds is 2. The Morgan fingerprint density at radius 3 is 2.89 bits per heavy atom. The molecule has 100 valence electrons. The molecule has 2 rings (SSSR count). The van der Waals surface area contributed by atoms with Gasteiger partial charge >= 0.3 is 0 Å². The Kier molecular flexibility index (Phi) is 3.67. The van der Waals surface area contributed by atoms with Crippen LogP contribution >= 0.6 is 0 Å². The summed E-state index contributed by atoms with van der Waals surface area (Å²) in [6, 6.07) is 6.33. The van der Waals surface area contributed by atoms with E-state index in [-0.39, 0.29) is 17.2 Å². The second-order valence-electron chi connectivity index (χ2n) is 4.85. The summed E-state index contributed by atoms with van der Waals surface area (Å²) in [5.41, 5.74) is 0.612. The molecule has 19 heavy (non-hydrogen) atoms. The molecule has 6 heteroatoms. The highest BCUT2D eigenvalue weighted by molar-refractivity contribution is 5.60. The van der Waals surface area contributed by atoms with Crippen molar-refractivity contribution in [3.05, 3.63) is 33.9 Å². The number of nitrogens with zero attached hydrogens (tertiary/aromatic N) is 3. The lowest BCUT2D eigenvalue weighted by atomic mass is 9.95. The third-order valence-electron chi connectivity index (χ3n) is 3.58. The number of anilines is 1. The largest absolute Gasteiger partial charge is 0.391 e. The molecule has 0 spiro atoms. The van der Waals surface area contributed by atoms with Gasteiger partial charge in [-0.05, 0) is 24.5 Å². The van der Waals surface area contributed by atoms with E-state index in [1.165, 1.54) is 12.1 Å². The third-order valence-corrected chi connectivity index (χ3v) is 3.58. The summed E-state index contributed by atoms with van der Waals surface area (Å²) >= 11 is 0. The van der Waals surface area contributed by atoms with Crippen LogP contribution in [0.4, 0.5) is 11.4 Å². The quantitative estimate of drug-likeness (QED) is 0.646. The number of nitro benzene ring substituents is 1. The normalized spacial score (nSPS) is 22.9. The lowest BCUT2D eigenvalue weighted by Crippen LogP contribution is -2.42. The molecule has 2 unspecified atom stereocenters. The summed E-state index contributed by atoms with van der Waals surface area (Å²) in [7, 11) is 0. The number of benzene rings is 1. The minimum atomic E-state index is -0.560. The molecule has 1 heterocycles. The van der Waals surface area contributed by atoms with Crippen LogP contribution in [0.1, 0.15) is 18.9 Å². The van der Waals surface area contributed by atoms with Crippen LogP contribution in [0.3, 0.4) is 0 Å². The molecule has 0 bridgehead atoms. The van der Waals surface area contributed by atoms with E-state index in [9.17, 15) is 15.2 Å². The average molecular weight is 261 g/mol. The van der Waals surface area contributed by atoms with E-state index in [1.54, 1.807) is 6.07 Å². The topological polar surface area (TPSA) is 90.4 Å². The minimum Gasteiger partial charge on any atom is -0.391 e. The Morgan fingerprint density at radius 2 is 2.32 bits per heavy atom. The summed E-state index contributed by atoms with van der Waals surface area (Å²) < 4.78 is 0. The molecule has 1 aliphatic rings. The Hall–Kier alpha value is -2.13. The number of aliphatic hydroxyl groups is 1. The number of piperidine rings is 1. The van der Waals surface area contributed by atoms with Crippen LogP contribution in [0.25, 0.3) is 0 Å². The van der Waals surface area contributed by atoms with Gasteiger partial charge in [-0.25, -0.2) is 0 Å². The van der Waals surface area contributed by atoms with Crippen molar-refractivity contribution in [3.63, 3.8) is 0 Å². The maximum atomic E-state index is 10.8. The minimum absolute atomic E-state index is 0.0515. The predicted molar refractivity (Wildman–Crippen MR) is 69.8 cm³/mol. The smallest absolute Gasteiger partial charge is 0.287 e. The van der Waals surface area contributed by atoms with Gasteiger partial charge in [-0.1, -0.05) is 6.92 Å². The average Bonchev–Trinajstić information content (AvgIpc) is 2.41. The molecule has 1 fully saturated rings. The first-order valence-corrected chi connectivity index (χ1v) is 6.14. The molecule has 0 radical (unpaired) electrons. The Balaban J connectivity index is 2.27. The van der Waals surface area contributed by atoms with Crippen LogP contribution < -0.4 is 4.90 Å². The molecule has 0 saturated carbocycles. The molecule has 2 atom stereocenters. The second-order valence-corrected chi connectivity index (χ2v) is 4.85. The van der Waals surface area contributed by atoms with Gasteiger partial charge in [0.2, 0.25) is 0 Å². The van der Waals surface area contributed by atoms with Crippen LogP contribution in [0.5, 0.6) is 0 Å². The molecular formula is C13H15N3O3. The van der Waals surface area contributed by atoms with E-state index in [4.69, 9.17) is 5.26 Å². The van der Waals surface area contributed by atoms with Crippen molar-refractivity contribution >= 4 is 11.4 Å². The van der Waals surface area contributed by atoms with Crippen molar-refractivity contribution in [2.45, 2.75) is 19.4 Å². The maximum Gasteiger partial charge on any atom is 0.287 e. The molecule has 0 aliphatic carbocycles. The fourth-order valence-corrected chi connectivity index (χ4v) is 2.25. The number of aliphatic hydroxyl groups excluding tert-OH is 1. The van der Waals surface area contributed by atoms with Gasteiger partial charge in [0.15, 0.2) is 0 Å². The van der Waals surface area contributed by atoms with Gasteiger partial charge in [-0.15, -0.1) is 0 Å². The number of nitro groups is 1. The Morgan fingerprint density at radius 1 is 1.58 bits per heavy atom. The van der Waals surface area contributed by atoms with Gasteiger partial charge < -0.3 is 10.0 Å². The first kappa shape index (κ1) is 13.3. The lowest BCUT2D eigenvalue weighted by Gasteiger charge is -2.35. The van der Waals surface area contributed by atoms with Crippen molar-refractivity contribution in [1.82, 2.24) is 0 Å². The van der Waals surface area contributed by atoms with Gasteiger partial charge in [0.25, 0.3) is 5.69 Å². The fraction of sp³-hybridized carbons (Fsp3) is 0.462. The van der Waals surface area contributed by atoms with Crippen molar-refractivity contribution in [1.29, 1.82) is 5.26 Å². The van der Waals surface area contributed by atoms with Crippen LogP contribution in [0.2, 0.25) is 0 Å². The van der Waals surface area contributed by atoms with Gasteiger partial charge in [0, 0.05) is 24.8 Å². The zero-order valence-electron chi connectivity index (χ0n) is 10.6. The number of hydrogen-bond donors (Lipinski definition) is 1. The highest BCUT2D eigenvalue weighted by Crippen LogP contribution is 2.27. The first-order valence-electron chi connectivity index (χ1n) is 6.14. The van der Waals surface area contributed by atoms with E-state index in [0.29, 0.717) is 6.54 Å². The van der Waals surface area contributed by atoms with Gasteiger partial charge in [-0.3, -0.25) is 10.1 Å². The van der Waals surface area contributed by atoms with Crippen molar-refractivity contribution in [2.24, 2.45) is 5.92 Å². The first-order chi connectivity index (χ1) is 9.02. The molecular weight excluding hydrogens is 246 g/mol. The zero-order chi connectivity index (χ0) is 14.0. The molecule has 1 aromatic carbocycles. The standard InChI is InChI=1S/C13H15N3O3/c1-9-4-5-15(8-13(9)17)11-2-3-12(16(18)19)10(6-11)7-14/h2-3,6,9,13,17H,4-5,8H2,1H3.